The number of pyridine rings is 1. The third kappa shape index (κ3) is 3.13. The van der Waals surface area contributed by atoms with Gasteiger partial charge in [0.05, 0.1) is 5.92 Å². The Kier molecular flexibility index (Phi) is 4.35. The lowest BCUT2D eigenvalue weighted by molar-refractivity contribution is -0.132. The highest BCUT2D eigenvalue weighted by Gasteiger charge is 2.36. The van der Waals surface area contributed by atoms with E-state index >= 15 is 0 Å². The van der Waals surface area contributed by atoms with Gasteiger partial charge in [-0.25, -0.2) is 9.97 Å². The van der Waals surface area contributed by atoms with Gasteiger partial charge in [-0.2, -0.15) is 0 Å². The third-order valence-corrected chi connectivity index (χ3v) is 6.98. The van der Waals surface area contributed by atoms with Crippen LogP contribution in [0.3, 0.4) is 0 Å². The second kappa shape index (κ2) is 7.35. The SMILES string of the molecule is O=C(C1c2ccccc2Oc2ccccc21)N1CCN(c2nc3cccnc3s2)CC1. The molecular formula is C24H20N4O2S. The molecule has 0 N–H and O–H groups in total. The number of aromatic nitrogens is 2. The van der Waals surface area contributed by atoms with Crippen LogP contribution in [0.2, 0.25) is 0 Å². The molecule has 2 aromatic carbocycles. The molecule has 0 unspecified atom stereocenters. The van der Waals surface area contributed by atoms with Crippen molar-refractivity contribution in [2.24, 2.45) is 0 Å². The Hall–Kier alpha value is -3.45. The molecule has 2 aromatic heterocycles. The van der Waals surface area contributed by atoms with Crippen LogP contribution < -0.4 is 9.64 Å². The van der Waals surface area contributed by atoms with E-state index in [2.05, 4.69) is 9.88 Å². The fourth-order valence-corrected chi connectivity index (χ4v) is 5.33. The van der Waals surface area contributed by atoms with Crippen LogP contribution in [0.4, 0.5) is 5.13 Å². The normalized spacial score (nSPS) is 16.0. The molecule has 6 rings (SSSR count). The standard InChI is InChI=1S/C24H20N4O2S/c29-23(21-16-6-1-3-9-19(16)30-20-10-4-2-7-17(20)21)27-12-14-28(15-13-27)24-26-18-8-5-11-25-22(18)31-24/h1-11,21H,12-15H2. The Bertz CT molecular complexity index is 1200. The Morgan fingerprint density at radius 2 is 1.58 bits per heavy atom. The quantitative estimate of drug-likeness (QED) is 0.477. The predicted octanol–water partition coefficient (Wildman–Crippen LogP) is 4.28. The van der Waals surface area contributed by atoms with Crippen molar-refractivity contribution in [1.82, 2.24) is 14.9 Å². The van der Waals surface area contributed by atoms with E-state index in [9.17, 15) is 4.79 Å². The summed E-state index contributed by atoms with van der Waals surface area (Å²) in [6.07, 6.45) is 1.80. The topological polar surface area (TPSA) is 58.6 Å². The number of hydrogen-bond acceptors (Lipinski definition) is 6. The van der Waals surface area contributed by atoms with Gasteiger partial charge in [-0.1, -0.05) is 47.7 Å². The molecule has 7 heteroatoms. The zero-order valence-electron chi connectivity index (χ0n) is 16.8. The van der Waals surface area contributed by atoms with Gasteiger partial charge >= 0.3 is 0 Å². The molecule has 1 saturated heterocycles. The molecule has 0 aliphatic carbocycles. The Balaban J connectivity index is 1.25. The number of anilines is 1. The predicted molar refractivity (Wildman–Crippen MR) is 121 cm³/mol. The van der Waals surface area contributed by atoms with E-state index in [4.69, 9.17) is 9.72 Å². The molecule has 154 valence electrons. The number of benzene rings is 2. The molecule has 0 spiro atoms. The van der Waals surface area contributed by atoms with E-state index in [0.29, 0.717) is 13.1 Å². The average Bonchev–Trinajstić information content (AvgIpc) is 3.26. The summed E-state index contributed by atoms with van der Waals surface area (Å²) in [6, 6.07) is 19.6. The molecule has 0 bridgehead atoms. The van der Waals surface area contributed by atoms with Gasteiger partial charge in [-0.3, -0.25) is 4.79 Å². The van der Waals surface area contributed by atoms with Crippen molar-refractivity contribution < 1.29 is 9.53 Å². The van der Waals surface area contributed by atoms with Gasteiger partial charge < -0.3 is 14.5 Å². The smallest absolute Gasteiger partial charge is 0.234 e. The van der Waals surface area contributed by atoms with Crippen molar-refractivity contribution in [1.29, 1.82) is 0 Å². The van der Waals surface area contributed by atoms with Crippen LogP contribution in [0.1, 0.15) is 17.0 Å². The lowest BCUT2D eigenvalue weighted by Gasteiger charge is -2.37. The Labute approximate surface area is 183 Å². The average molecular weight is 429 g/mol. The number of thiazole rings is 1. The summed E-state index contributed by atoms with van der Waals surface area (Å²) in [5.41, 5.74) is 2.80. The maximum atomic E-state index is 13.7. The fourth-order valence-electron chi connectivity index (χ4n) is 4.37. The van der Waals surface area contributed by atoms with Crippen LogP contribution in [0.15, 0.2) is 66.9 Å². The van der Waals surface area contributed by atoms with Gasteiger partial charge in [-0.15, -0.1) is 0 Å². The van der Waals surface area contributed by atoms with E-state index < -0.39 is 0 Å². The van der Waals surface area contributed by atoms with Gasteiger partial charge in [0.2, 0.25) is 5.91 Å². The summed E-state index contributed by atoms with van der Waals surface area (Å²) in [4.78, 5) is 28.0. The lowest BCUT2D eigenvalue weighted by Crippen LogP contribution is -2.50. The summed E-state index contributed by atoms with van der Waals surface area (Å²) in [6.45, 7) is 2.86. The van der Waals surface area contributed by atoms with Gasteiger partial charge in [-0.05, 0) is 24.3 Å². The van der Waals surface area contributed by atoms with E-state index in [-0.39, 0.29) is 11.8 Å². The number of piperazine rings is 1. The molecule has 0 saturated carbocycles. The number of ether oxygens (including phenoxy) is 1. The van der Waals surface area contributed by atoms with Crippen LogP contribution >= 0.6 is 11.3 Å². The van der Waals surface area contributed by atoms with Gasteiger partial charge in [0.1, 0.15) is 21.8 Å². The van der Waals surface area contributed by atoms with Gasteiger partial charge in [0, 0.05) is 43.5 Å². The number of carbonyl (C=O) groups excluding carboxylic acids is 1. The third-order valence-electron chi connectivity index (χ3n) is 5.94. The number of hydrogen-bond donors (Lipinski definition) is 0. The monoisotopic (exact) mass is 428 g/mol. The second-order valence-corrected chi connectivity index (χ2v) is 8.70. The van der Waals surface area contributed by atoms with Crippen LogP contribution in [0, 0.1) is 0 Å². The molecule has 2 aliphatic rings. The largest absolute Gasteiger partial charge is 0.457 e. The van der Waals surface area contributed by atoms with Crippen molar-refractivity contribution in [2.75, 3.05) is 31.1 Å². The fraction of sp³-hybridized carbons (Fsp3) is 0.208. The van der Waals surface area contributed by atoms with Gasteiger partial charge in [0.25, 0.3) is 0 Å². The molecule has 2 aliphatic heterocycles. The molecule has 1 fully saturated rings. The number of fused-ring (bicyclic) bond motifs is 3. The molecule has 1 amide bonds. The van der Waals surface area contributed by atoms with Crippen molar-refractivity contribution in [3.63, 3.8) is 0 Å². The van der Waals surface area contributed by atoms with E-state index in [1.54, 1.807) is 17.5 Å². The highest BCUT2D eigenvalue weighted by molar-refractivity contribution is 7.21. The molecule has 6 nitrogen and oxygen atoms in total. The number of nitrogens with zero attached hydrogens (tertiary/aromatic N) is 4. The first-order valence-electron chi connectivity index (χ1n) is 10.4. The summed E-state index contributed by atoms with van der Waals surface area (Å²) in [5, 5.41) is 0.975. The van der Waals surface area contributed by atoms with Crippen molar-refractivity contribution in [3.05, 3.63) is 78.0 Å². The zero-order chi connectivity index (χ0) is 20.8. The second-order valence-electron chi connectivity index (χ2n) is 7.75. The van der Waals surface area contributed by atoms with Gasteiger partial charge in [0.15, 0.2) is 5.13 Å². The summed E-state index contributed by atoms with van der Waals surface area (Å²) < 4.78 is 6.06. The Morgan fingerprint density at radius 3 is 2.26 bits per heavy atom. The molecule has 4 aromatic rings. The number of amides is 1. The first kappa shape index (κ1) is 18.3. The zero-order valence-corrected chi connectivity index (χ0v) is 17.6. The summed E-state index contributed by atoms with van der Waals surface area (Å²) >= 11 is 1.61. The minimum absolute atomic E-state index is 0.133. The first-order valence-corrected chi connectivity index (χ1v) is 11.2. The summed E-state index contributed by atoms with van der Waals surface area (Å²) in [7, 11) is 0. The van der Waals surface area contributed by atoms with Crippen molar-refractivity contribution >= 4 is 32.7 Å². The van der Waals surface area contributed by atoms with E-state index in [1.807, 2.05) is 65.6 Å². The summed E-state index contributed by atoms with van der Waals surface area (Å²) in [5.74, 6) is 1.33. The number of carbonyl (C=O) groups is 1. The minimum Gasteiger partial charge on any atom is -0.457 e. The van der Waals surface area contributed by atoms with E-state index in [0.717, 1.165) is 51.2 Å². The molecule has 31 heavy (non-hydrogen) atoms. The first-order chi connectivity index (χ1) is 15.3. The van der Waals surface area contributed by atoms with Crippen LogP contribution in [-0.4, -0.2) is 47.0 Å². The minimum atomic E-state index is -0.334. The van der Waals surface area contributed by atoms with Crippen LogP contribution in [-0.2, 0) is 4.79 Å². The lowest BCUT2D eigenvalue weighted by atomic mass is 9.86. The molecule has 0 radical (unpaired) electrons. The number of rotatable bonds is 2. The van der Waals surface area contributed by atoms with Crippen LogP contribution in [0.25, 0.3) is 10.3 Å². The van der Waals surface area contributed by atoms with E-state index in [1.165, 1.54) is 0 Å². The highest BCUT2D eigenvalue weighted by atomic mass is 32.1. The van der Waals surface area contributed by atoms with Crippen LogP contribution in [0.5, 0.6) is 11.5 Å². The van der Waals surface area contributed by atoms with Crippen molar-refractivity contribution in [3.8, 4) is 11.5 Å². The van der Waals surface area contributed by atoms with Crippen molar-refractivity contribution in [2.45, 2.75) is 5.92 Å². The number of para-hydroxylation sites is 2. The maximum absolute atomic E-state index is 13.7. The molecule has 0 atom stereocenters. The maximum Gasteiger partial charge on any atom is 0.234 e. The highest BCUT2D eigenvalue weighted by Crippen LogP contribution is 2.44. The molecule has 4 heterocycles. The molecular weight excluding hydrogens is 408 g/mol. The Morgan fingerprint density at radius 1 is 0.903 bits per heavy atom.